The average Bonchev–Trinajstić information content (AvgIpc) is 2.26. The van der Waals surface area contributed by atoms with Crippen molar-refractivity contribution in [2.24, 2.45) is 0 Å². The Bertz CT molecular complexity index is 400. The minimum Gasteiger partial charge on any atom is -0.478 e. The summed E-state index contributed by atoms with van der Waals surface area (Å²) in [5, 5.41) is 9.18. The van der Waals surface area contributed by atoms with E-state index in [9.17, 15) is 9.90 Å². The highest BCUT2D eigenvalue weighted by Gasteiger charge is 2.38. The molecule has 0 saturated heterocycles. The lowest BCUT2D eigenvalue weighted by Gasteiger charge is -2.22. The van der Waals surface area contributed by atoms with Gasteiger partial charge < -0.3 is 9.84 Å². The second-order valence-electron chi connectivity index (χ2n) is 2.93. The minimum absolute atomic E-state index is 0.523. The lowest BCUT2D eigenvalue weighted by atomic mass is 9.94. The Hall–Kier alpha value is -1.79. The smallest absolute Gasteiger partial charge is 0.353 e. The summed E-state index contributed by atoms with van der Waals surface area (Å²) in [6, 6.07) is 8.68. The number of carboxylic acid groups (broad SMARTS) is 1. The number of benzene rings is 1. The van der Waals surface area contributed by atoms with E-state index in [-0.39, 0.29) is 0 Å². The summed E-state index contributed by atoms with van der Waals surface area (Å²) in [5.41, 5.74) is -1.04. The quantitative estimate of drug-likeness (QED) is 0.761. The van der Waals surface area contributed by atoms with Gasteiger partial charge in [0.1, 0.15) is 0 Å². The van der Waals surface area contributed by atoms with E-state index in [0.29, 0.717) is 5.56 Å². The first kappa shape index (κ1) is 11.3. The zero-order chi connectivity index (χ0) is 11.3. The van der Waals surface area contributed by atoms with Crippen LogP contribution in [0.4, 0.5) is 0 Å². The van der Waals surface area contributed by atoms with Gasteiger partial charge >= 0.3 is 5.97 Å². The molecule has 0 bridgehead atoms. The molecular weight excluding hydrogens is 192 g/mol. The van der Waals surface area contributed by atoms with Crippen LogP contribution in [0, 0.1) is 11.8 Å². The third-order valence-corrected chi connectivity index (χ3v) is 2.09. The monoisotopic (exact) mass is 204 g/mol. The first-order valence-corrected chi connectivity index (χ1v) is 4.45. The topological polar surface area (TPSA) is 46.5 Å². The fourth-order valence-electron chi connectivity index (χ4n) is 1.35. The first-order valence-electron chi connectivity index (χ1n) is 4.45. The van der Waals surface area contributed by atoms with Gasteiger partial charge in [-0.3, -0.25) is 0 Å². The molecule has 1 rings (SSSR count). The number of carbonyl (C=O) groups is 1. The predicted molar refractivity (Wildman–Crippen MR) is 56.2 cm³/mol. The highest BCUT2D eigenvalue weighted by atomic mass is 16.5. The molecule has 0 aliphatic heterocycles. The van der Waals surface area contributed by atoms with Gasteiger partial charge in [-0.05, 0) is 6.92 Å². The van der Waals surface area contributed by atoms with Crippen LogP contribution < -0.4 is 0 Å². The Kier molecular flexibility index (Phi) is 3.48. The van der Waals surface area contributed by atoms with Crippen LogP contribution in [0.3, 0.4) is 0 Å². The summed E-state index contributed by atoms with van der Waals surface area (Å²) in [7, 11) is 1.34. The molecule has 0 amide bonds. The number of aliphatic carboxylic acids is 1. The zero-order valence-electron chi connectivity index (χ0n) is 8.65. The molecule has 0 unspecified atom stereocenters. The van der Waals surface area contributed by atoms with Crippen molar-refractivity contribution in [1.82, 2.24) is 0 Å². The number of rotatable bonds is 3. The second kappa shape index (κ2) is 4.63. The van der Waals surface area contributed by atoms with Gasteiger partial charge in [-0.15, -0.1) is 5.92 Å². The maximum Gasteiger partial charge on any atom is 0.353 e. The molecule has 0 radical (unpaired) electrons. The largest absolute Gasteiger partial charge is 0.478 e. The highest BCUT2D eigenvalue weighted by molar-refractivity contribution is 5.83. The molecule has 0 aliphatic carbocycles. The Morgan fingerprint density at radius 3 is 2.40 bits per heavy atom. The molecule has 15 heavy (non-hydrogen) atoms. The van der Waals surface area contributed by atoms with Gasteiger partial charge in [0.25, 0.3) is 5.60 Å². The van der Waals surface area contributed by atoms with Gasteiger partial charge in [0.15, 0.2) is 0 Å². The lowest BCUT2D eigenvalue weighted by molar-refractivity contribution is -0.156. The van der Waals surface area contributed by atoms with E-state index >= 15 is 0 Å². The number of carboxylic acids is 1. The van der Waals surface area contributed by atoms with Crippen LogP contribution in [0.2, 0.25) is 0 Å². The van der Waals surface area contributed by atoms with Crippen molar-refractivity contribution in [1.29, 1.82) is 0 Å². The molecule has 1 N–H and O–H groups in total. The summed E-state index contributed by atoms with van der Waals surface area (Å²) >= 11 is 0. The van der Waals surface area contributed by atoms with Crippen LogP contribution in [0.5, 0.6) is 0 Å². The molecule has 1 aromatic rings. The van der Waals surface area contributed by atoms with E-state index in [2.05, 4.69) is 11.8 Å². The van der Waals surface area contributed by atoms with Crippen molar-refractivity contribution in [2.45, 2.75) is 12.5 Å². The SMILES string of the molecule is CC#C[C@](OC)(C(=O)O)c1ccccc1. The van der Waals surface area contributed by atoms with E-state index in [1.807, 2.05) is 6.07 Å². The van der Waals surface area contributed by atoms with Crippen molar-refractivity contribution < 1.29 is 14.6 Å². The average molecular weight is 204 g/mol. The molecule has 0 saturated carbocycles. The summed E-state index contributed by atoms with van der Waals surface area (Å²) in [6.07, 6.45) is 0. The summed E-state index contributed by atoms with van der Waals surface area (Å²) in [6.45, 7) is 1.58. The summed E-state index contributed by atoms with van der Waals surface area (Å²) in [5.74, 6) is 4.07. The Balaban J connectivity index is 3.32. The van der Waals surface area contributed by atoms with Crippen molar-refractivity contribution in [3.05, 3.63) is 35.9 Å². The van der Waals surface area contributed by atoms with E-state index in [1.54, 1.807) is 31.2 Å². The minimum atomic E-state index is -1.56. The summed E-state index contributed by atoms with van der Waals surface area (Å²) in [4.78, 5) is 11.2. The Morgan fingerprint density at radius 1 is 1.40 bits per heavy atom. The van der Waals surface area contributed by atoms with Crippen molar-refractivity contribution in [2.75, 3.05) is 7.11 Å². The maximum atomic E-state index is 11.2. The molecule has 0 aliphatic rings. The number of methoxy groups -OCH3 is 1. The predicted octanol–water partition coefficient (Wildman–Crippen LogP) is 1.64. The molecular formula is C12H12O3. The first-order chi connectivity index (χ1) is 7.17. The van der Waals surface area contributed by atoms with Crippen molar-refractivity contribution in [3.8, 4) is 11.8 Å². The Morgan fingerprint density at radius 2 is 2.00 bits per heavy atom. The third kappa shape index (κ3) is 2.00. The van der Waals surface area contributed by atoms with Crippen LogP contribution in [0.15, 0.2) is 30.3 Å². The number of ether oxygens (including phenoxy) is 1. The van der Waals surface area contributed by atoms with Gasteiger partial charge in [0.2, 0.25) is 0 Å². The van der Waals surface area contributed by atoms with Gasteiger partial charge in [-0.25, -0.2) is 4.79 Å². The lowest BCUT2D eigenvalue weighted by Crippen LogP contribution is -2.36. The normalized spacial score (nSPS) is 13.5. The molecule has 3 nitrogen and oxygen atoms in total. The standard InChI is InChI=1S/C12H12O3/c1-3-9-12(15-2,11(13)14)10-7-5-4-6-8-10/h4-8H,1-2H3,(H,13,14)/t12-/m1/s1. The van der Waals surface area contributed by atoms with Crippen molar-refractivity contribution >= 4 is 5.97 Å². The Labute approximate surface area is 88.7 Å². The zero-order valence-corrected chi connectivity index (χ0v) is 8.65. The highest BCUT2D eigenvalue weighted by Crippen LogP contribution is 2.24. The van der Waals surface area contributed by atoms with Gasteiger partial charge in [0.05, 0.1) is 0 Å². The van der Waals surface area contributed by atoms with E-state index < -0.39 is 11.6 Å². The van der Waals surface area contributed by atoms with Crippen LogP contribution >= 0.6 is 0 Å². The van der Waals surface area contributed by atoms with Crippen LogP contribution in [0.1, 0.15) is 12.5 Å². The van der Waals surface area contributed by atoms with E-state index in [4.69, 9.17) is 4.74 Å². The van der Waals surface area contributed by atoms with E-state index in [1.165, 1.54) is 7.11 Å². The fraction of sp³-hybridized carbons (Fsp3) is 0.250. The fourth-order valence-corrected chi connectivity index (χ4v) is 1.35. The molecule has 78 valence electrons. The number of hydrogen-bond donors (Lipinski definition) is 1. The molecule has 3 heteroatoms. The van der Waals surface area contributed by atoms with Crippen LogP contribution in [-0.2, 0) is 15.1 Å². The maximum absolute atomic E-state index is 11.2. The summed E-state index contributed by atoms with van der Waals surface area (Å²) < 4.78 is 5.05. The van der Waals surface area contributed by atoms with Gasteiger partial charge in [-0.1, -0.05) is 36.3 Å². The number of hydrogen-bond acceptors (Lipinski definition) is 2. The molecule has 1 aromatic carbocycles. The van der Waals surface area contributed by atoms with Gasteiger partial charge in [0, 0.05) is 12.7 Å². The molecule has 0 heterocycles. The molecule has 0 spiro atoms. The van der Waals surface area contributed by atoms with Gasteiger partial charge in [-0.2, -0.15) is 0 Å². The third-order valence-electron chi connectivity index (χ3n) is 2.09. The second-order valence-corrected chi connectivity index (χ2v) is 2.93. The van der Waals surface area contributed by atoms with Crippen LogP contribution in [-0.4, -0.2) is 18.2 Å². The molecule has 1 atom stereocenters. The van der Waals surface area contributed by atoms with Crippen LogP contribution in [0.25, 0.3) is 0 Å². The molecule has 0 fully saturated rings. The van der Waals surface area contributed by atoms with Crippen molar-refractivity contribution in [3.63, 3.8) is 0 Å². The molecule has 0 aromatic heterocycles. The van der Waals surface area contributed by atoms with E-state index in [0.717, 1.165) is 0 Å².